The topological polar surface area (TPSA) is 99.9 Å². The van der Waals surface area contributed by atoms with Crippen LogP contribution in [0.1, 0.15) is 34.2 Å². The van der Waals surface area contributed by atoms with Crippen LogP contribution in [0.2, 0.25) is 0 Å². The van der Waals surface area contributed by atoms with E-state index in [1.165, 1.54) is 16.6 Å². The molecule has 2 aromatic rings. The van der Waals surface area contributed by atoms with E-state index in [-0.39, 0.29) is 37.1 Å². The predicted molar refractivity (Wildman–Crippen MR) is 105 cm³/mol. The lowest BCUT2D eigenvalue weighted by atomic mass is 9.99. The van der Waals surface area contributed by atoms with E-state index in [2.05, 4.69) is 10.4 Å². The Morgan fingerprint density at radius 1 is 1.36 bits per heavy atom. The van der Waals surface area contributed by atoms with Gasteiger partial charge in [0.25, 0.3) is 5.91 Å². The van der Waals surface area contributed by atoms with Crippen LogP contribution in [0.25, 0.3) is 0 Å². The van der Waals surface area contributed by atoms with Gasteiger partial charge in [-0.25, -0.2) is 14.2 Å². The van der Waals surface area contributed by atoms with Gasteiger partial charge in [0.2, 0.25) is 0 Å². The average molecular weight is 471 g/mol. The van der Waals surface area contributed by atoms with E-state index < -0.39 is 35.6 Å². The van der Waals surface area contributed by atoms with Gasteiger partial charge in [-0.2, -0.15) is 18.3 Å². The molecule has 2 aliphatic heterocycles. The van der Waals surface area contributed by atoms with E-state index in [4.69, 9.17) is 4.84 Å². The number of anilines is 1. The minimum Gasteiger partial charge on any atom is -0.393 e. The maximum atomic E-state index is 13.6. The van der Waals surface area contributed by atoms with Gasteiger partial charge < -0.3 is 15.3 Å². The first-order chi connectivity index (χ1) is 15.5. The molecule has 0 bridgehead atoms. The third kappa shape index (κ3) is 4.25. The standard InChI is InChI=1S/C20H21F4N5O4/c1-10-5-16-13(17-18(31)27(2)33-12(9-30)7-29(17)26-16)8-28(10)19(32)25-11-3-4-15(21)14(6-11)20(22,23)24/h3-4,6,10,12,30H,5,7-9H2,1-2H3,(H,25,32). The molecule has 1 aromatic heterocycles. The Morgan fingerprint density at radius 2 is 2.09 bits per heavy atom. The summed E-state index contributed by atoms with van der Waals surface area (Å²) in [4.78, 5) is 32.5. The Labute approximate surface area is 185 Å². The zero-order chi connectivity index (χ0) is 24.1. The van der Waals surface area contributed by atoms with Gasteiger partial charge in [0.05, 0.1) is 31.0 Å². The molecule has 13 heteroatoms. The molecule has 3 heterocycles. The van der Waals surface area contributed by atoms with E-state index in [0.29, 0.717) is 29.8 Å². The van der Waals surface area contributed by atoms with Crippen LogP contribution in [0.4, 0.5) is 28.0 Å². The van der Waals surface area contributed by atoms with Gasteiger partial charge in [0.15, 0.2) is 0 Å². The van der Waals surface area contributed by atoms with Gasteiger partial charge in [-0.15, -0.1) is 0 Å². The first-order valence-corrected chi connectivity index (χ1v) is 10.1. The lowest BCUT2D eigenvalue weighted by molar-refractivity contribution is -0.159. The lowest BCUT2D eigenvalue weighted by Gasteiger charge is -2.33. The summed E-state index contributed by atoms with van der Waals surface area (Å²) in [6, 6.07) is 1.13. The number of nitrogens with one attached hydrogen (secondary N) is 1. The third-order valence-corrected chi connectivity index (χ3v) is 5.64. The van der Waals surface area contributed by atoms with Crippen LogP contribution in [0.15, 0.2) is 18.2 Å². The van der Waals surface area contributed by atoms with Crippen molar-refractivity contribution >= 4 is 17.6 Å². The maximum Gasteiger partial charge on any atom is 0.419 e. The second-order valence-electron chi connectivity index (χ2n) is 7.97. The van der Waals surface area contributed by atoms with Crippen LogP contribution < -0.4 is 5.32 Å². The van der Waals surface area contributed by atoms with E-state index in [0.717, 1.165) is 11.1 Å². The minimum absolute atomic E-state index is 0.0195. The van der Waals surface area contributed by atoms with Crippen LogP contribution in [-0.2, 0) is 30.5 Å². The number of aliphatic hydroxyl groups is 1. The first-order valence-electron chi connectivity index (χ1n) is 10.1. The Kier molecular flexibility index (Phi) is 5.78. The van der Waals surface area contributed by atoms with Crippen molar-refractivity contribution in [3.63, 3.8) is 0 Å². The van der Waals surface area contributed by atoms with Crippen molar-refractivity contribution in [2.75, 3.05) is 19.0 Å². The molecular weight excluding hydrogens is 450 g/mol. The van der Waals surface area contributed by atoms with Crippen molar-refractivity contribution in [3.8, 4) is 0 Å². The Hall–Kier alpha value is -3.19. The van der Waals surface area contributed by atoms with Crippen LogP contribution >= 0.6 is 0 Å². The Balaban J connectivity index is 1.60. The highest BCUT2D eigenvalue weighted by Gasteiger charge is 2.38. The molecule has 1 aromatic carbocycles. The number of benzene rings is 1. The highest BCUT2D eigenvalue weighted by atomic mass is 19.4. The molecule has 178 valence electrons. The summed E-state index contributed by atoms with van der Waals surface area (Å²) < 4.78 is 54.0. The minimum atomic E-state index is -4.91. The van der Waals surface area contributed by atoms with Crippen molar-refractivity contribution in [1.29, 1.82) is 0 Å². The monoisotopic (exact) mass is 471 g/mol. The number of hydrogen-bond acceptors (Lipinski definition) is 5. The molecular formula is C20H21F4N5O4. The smallest absolute Gasteiger partial charge is 0.393 e. The molecule has 2 atom stereocenters. The average Bonchev–Trinajstić information content (AvgIpc) is 3.02. The second-order valence-corrected chi connectivity index (χ2v) is 7.97. The SMILES string of the molecule is CC1Cc2nn3c(c2CN1C(=O)Nc1ccc(F)c(C(F)(F)F)c1)C(=O)N(C)OC(CO)C3. The van der Waals surface area contributed by atoms with Gasteiger partial charge in [-0.3, -0.25) is 14.3 Å². The summed E-state index contributed by atoms with van der Waals surface area (Å²) >= 11 is 0. The van der Waals surface area contributed by atoms with Gasteiger partial charge in [-0.05, 0) is 25.1 Å². The highest BCUT2D eigenvalue weighted by molar-refractivity contribution is 5.94. The molecule has 2 unspecified atom stereocenters. The summed E-state index contributed by atoms with van der Waals surface area (Å²) in [7, 11) is 1.41. The van der Waals surface area contributed by atoms with Crippen LogP contribution in [-0.4, -0.2) is 62.6 Å². The molecule has 3 amide bonds. The fraction of sp³-hybridized carbons (Fsp3) is 0.450. The zero-order valence-corrected chi connectivity index (χ0v) is 17.7. The maximum absolute atomic E-state index is 13.6. The molecule has 2 N–H and O–H groups in total. The van der Waals surface area contributed by atoms with Gasteiger partial charge in [-0.1, -0.05) is 0 Å². The summed E-state index contributed by atoms with van der Waals surface area (Å²) in [5, 5.41) is 17.3. The van der Waals surface area contributed by atoms with Crippen molar-refractivity contribution < 1.29 is 37.1 Å². The third-order valence-electron chi connectivity index (χ3n) is 5.64. The molecule has 9 nitrogen and oxygen atoms in total. The van der Waals surface area contributed by atoms with Gasteiger partial charge >= 0.3 is 12.2 Å². The fourth-order valence-corrected chi connectivity index (χ4v) is 3.99. The number of amides is 3. The number of alkyl halides is 3. The number of fused-ring (bicyclic) bond motifs is 3. The molecule has 33 heavy (non-hydrogen) atoms. The van der Waals surface area contributed by atoms with Crippen molar-refractivity contribution in [2.24, 2.45) is 0 Å². The van der Waals surface area contributed by atoms with Crippen molar-refractivity contribution in [1.82, 2.24) is 19.7 Å². The van der Waals surface area contributed by atoms with Gasteiger partial charge in [0, 0.05) is 30.8 Å². The molecule has 0 saturated heterocycles. The molecule has 0 radical (unpaired) electrons. The number of aliphatic hydroxyl groups excluding tert-OH is 1. The van der Waals surface area contributed by atoms with Crippen LogP contribution in [0.3, 0.4) is 0 Å². The summed E-state index contributed by atoms with van der Waals surface area (Å²) in [5.74, 6) is -1.94. The fourth-order valence-electron chi connectivity index (χ4n) is 3.99. The lowest BCUT2D eigenvalue weighted by Crippen LogP contribution is -2.45. The van der Waals surface area contributed by atoms with Crippen LogP contribution in [0.5, 0.6) is 0 Å². The largest absolute Gasteiger partial charge is 0.419 e. The van der Waals surface area contributed by atoms with Crippen LogP contribution in [0, 0.1) is 5.82 Å². The highest BCUT2D eigenvalue weighted by Crippen LogP contribution is 2.34. The Morgan fingerprint density at radius 3 is 2.76 bits per heavy atom. The normalized spacial score (nSPS) is 20.9. The number of carbonyl (C=O) groups is 2. The molecule has 2 aliphatic rings. The molecule has 4 rings (SSSR count). The summed E-state index contributed by atoms with van der Waals surface area (Å²) in [6.07, 6.45) is -5.28. The zero-order valence-electron chi connectivity index (χ0n) is 17.7. The number of halogens is 4. The number of aromatic nitrogens is 2. The van der Waals surface area contributed by atoms with Crippen molar-refractivity contribution in [3.05, 3.63) is 46.5 Å². The molecule has 0 saturated carbocycles. The second kappa shape index (κ2) is 8.30. The predicted octanol–water partition coefficient (Wildman–Crippen LogP) is 2.40. The number of hydrogen-bond donors (Lipinski definition) is 2. The Bertz CT molecular complexity index is 1100. The molecule has 0 fully saturated rings. The van der Waals surface area contributed by atoms with E-state index in [9.17, 15) is 32.3 Å². The number of hydroxylamine groups is 2. The van der Waals surface area contributed by atoms with E-state index in [1.54, 1.807) is 6.92 Å². The first kappa shape index (κ1) is 23.0. The van der Waals surface area contributed by atoms with Gasteiger partial charge in [0.1, 0.15) is 17.6 Å². The molecule has 0 spiro atoms. The molecule has 0 aliphatic carbocycles. The summed E-state index contributed by atoms with van der Waals surface area (Å²) in [5.41, 5.74) is -0.367. The van der Waals surface area contributed by atoms with E-state index >= 15 is 0 Å². The summed E-state index contributed by atoms with van der Waals surface area (Å²) in [6.45, 7) is 1.52. The quantitative estimate of drug-likeness (QED) is 0.656. The number of nitrogens with zero attached hydrogens (tertiary/aromatic N) is 4. The number of rotatable bonds is 2. The van der Waals surface area contributed by atoms with Crippen molar-refractivity contribution in [2.45, 2.75) is 44.8 Å². The van der Waals surface area contributed by atoms with E-state index in [1.807, 2.05) is 0 Å². The number of carbonyl (C=O) groups excluding carboxylic acids is 2. The number of urea groups is 1.